The van der Waals surface area contributed by atoms with Crippen molar-refractivity contribution in [2.24, 2.45) is 0 Å². The molecule has 23 heavy (non-hydrogen) atoms. The molecule has 0 heterocycles. The second kappa shape index (κ2) is 7.97. The predicted molar refractivity (Wildman–Crippen MR) is 89.2 cm³/mol. The zero-order chi connectivity index (χ0) is 16.7. The van der Waals surface area contributed by atoms with Gasteiger partial charge in [0, 0.05) is 11.6 Å². The van der Waals surface area contributed by atoms with Gasteiger partial charge in [-0.3, -0.25) is 4.79 Å². The fraction of sp³-hybridized carbons (Fsp3) is 0.222. The molecule has 2 aromatic rings. The number of benzene rings is 2. The van der Waals surface area contributed by atoms with Gasteiger partial charge in [-0.1, -0.05) is 30.3 Å². The molecule has 118 valence electrons. The Bertz CT molecular complexity index is 722. The number of para-hydroxylation sites is 2. The average Bonchev–Trinajstić information content (AvgIpc) is 2.60. The van der Waals surface area contributed by atoms with E-state index in [0.29, 0.717) is 11.3 Å². The maximum absolute atomic E-state index is 12.1. The summed E-state index contributed by atoms with van der Waals surface area (Å²) in [7, 11) is 1.62. The number of amides is 1. The number of carbonyl (C=O) groups excluding carboxylic acids is 1. The highest BCUT2D eigenvalue weighted by molar-refractivity contribution is 5.93. The van der Waals surface area contributed by atoms with E-state index in [1.165, 1.54) is 0 Å². The topological polar surface area (TPSA) is 74.2 Å². The van der Waals surface area contributed by atoms with E-state index in [1.54, 1.807) is 31.4 Å². The fourth-order valence-electron chi connectivity index (χ4n) is 2.26. The molecular weight excluding hydrogens is 290 g/mol. The Morgan fingerprint density at radius 2 is 1.91 bits per heavy atom. The van der Waals surface area contributed by atoms with Crippen molar-refractivity contribution in [3.8, 4) is 11.8 Å². The maximum Gasteiger partial charge on any atom is 0.238 e. The zero-order valence-electron chi connectivity index (χ0n) is 13.2. The van der Waals surface area contributed by atoms with Crippen molar-refractivity contribution in [2.45, 2.75) is 13.0 Å². The number of nitrogens with zero attached hydrogens (tertiary/aromatic N) is 1. The molecule has 0 saturated carbocycles. The molecule has 2 rings (SSSR count). The van der Waals surface area contributed by atoms with Crippen molar-refractivity contribution in [3.05, 3.63) is 59.7 Å². The largest absolute Gasteiger partial charge is 0.496 e. The molecule has 0 unspecified atom stereocenters. The standard InChI is InChI=1S/C18H19N3O2/c1-13(15-8-4-6-10-17(15)23-2)20-12-18(22)21-16-9-5-3-7-14(16)11-19/h3-10,13,20H,12H2,1-2H3,(H,21,22)/t13-/m1/s1. The van der Waals surface area contributed by atoms with Gasteiger partial charge in [-0.2, -0.15) is 5.26 Å². The van der Waals surface area contributed by atoms with Crippen molar-refractivity contribution in [1.29, 1.82) is 5.26 Å². The second-order valence-electron chi connectivity index (χ2n) is 5.05. The summed E-state index contributed by atoms with van der Waals surface area (Å²) in [5, 5.41) is 14.9. The Hall–Kier alpha value is -2.84. The molecule has 5 heteroatoms. The van der Waals surface area contributed by atoms with Gasteiger partial charge in [0.2, 0.25) is 5.91 Å². The molecule has 1 amide bonds. The van der Waals surface area contributed by atoms with Crippen LogP contribution in [0.15, 0.2) is 48.5 Å². The minimum Gasteiger partial charge on any atom is -0.496 e. The quantitative estimate of drug-likeness (QED) is 0.860. The maximum atomic E-state index is 12.1. The first-order valence-electron chi connectivity index (χ1n) is 7.31. The van der Waals surface area contributed by atoms with Gasteiger partial charge in [-0.15, -0.1) is 0 Å². The summed E-state index contributed by atoms with van der Waals surface area (Å²) in [5.41, 5.74) is 1.95. The van der Waals surface area contributed by atoms with Crippen LogP contribution in [0.3, 0.4) is 0 Å². The molecular formula is C18H19N3O2. The van der Waals surface area contributed by atoms with Gasteiger partial charge in [0.05, 0.1) is 24.9 Å². The lowest BCUT2D eigenvalue weighted by atomic mass is 10.1. The lowest BCUT2D eigenvalue weighted by Crippen LogP contribution is -2.30. The highest BCUT2D eigenvalue weighted by atomic mass is 16.5. The van der Waals surface area contributed by atoms with Crippen molar-refractivity contribution < 1.29 is 9.53 Å². The van der Waals surface area contributed by atoms with Crippen LogP contribution in [0.4, 0.5) is 5.69 Å². The molecule has 0 aliphatic rings. The van der Waals surface area contributed by atoms with Gasteiger partial charge in [-0.05, 0) is 25.1 Å². The first-order chi connectivity index (χ1) is 11.2. The van der Waals surface area contributed by atoms with E-state index in [4.69, 9.17) is 10.00 Å². The monoisotopic (exact) mass is 309 g/mol. The summed E-state index contributed by atoms with van der Waals surface area (Å²) in [6.45, 7) is 2.10. The van der Waals surface area contributed by atoms with Crippen LogP contribution in [0.1, 0.15) is 24.1 Å². The molecule has 0 bridgehead atoms. The van der Waals surface area contributed by atoms with E-state index in [9.17, 15) is 4.79 Å². The minimum absolute atomic E-state index is 0.0388. The summed E-state index contributed by atoms with van der Waals surface area (Å²) in [4.78, 5) is 12.1. The summed E-state index contributed by atoms with van der Waals surface area (Å²) in [6, 6.07) is 16.6. The number of methoxy groups -OCH3 is 1. The van der Waals surface area contributed by atoms with Gasteiger partial charge < -0.3 is 15.4 Å². The molecule has 0 saturated heterocycles. The number of carbonyl (C=O) groups is 1. The third-order valence-corrected chi connectivity index (χ3v) is 3.50. The molecule has 5 nitrogen and oxygen atoms in total. The van der Waals surface area contributed by atoms with Crippen molar-refractivity contribution >= 4 is 11.6 Å². The van der Waals surface area contributed by atoms with Crippen LogP contribution in [0.25, 0.3) is 0 Å². The molecule has 0 spiro atoms. The van der Waals surface area contributed by atoms with Crippen LogP contribution in [0.2, 0.25) is 0 Å². The van der Waals surface area contributed by atoms with Gasteiger partial charge in [-0.25, -0.2) is 0 Å². The SMILES string of the molecule is COc1ccccc1[C@@H](C)NCC(=O)Nc1ccccc1C#N. The molecule has 0 radical (unpaired) electrons. The molecule has 0 aromatic heterocycles. The number of ether oxygens (including phenoxy) is 1. The van der Waals surface area contributed by atoms with E-state index in [2.05, 4.69) is 16.7 Å². The van der Waals surface area contributed by atoms with Crippen molar-refractivity contribution in [1.82, 2.24) is 5.32 Å². The Morgan fingerprint density at radius 3 is 2.65 bits per heavy atom. The Balaban J connectivity index is 1.95. The Morgan fingerprint density at radius 1 is 1.22 bits per heavy atom. The van der Waals surface area contributed by atoms with Crippen LogP contribution in [-0.2, 0) is 4.79 Å². The number of nitriles is 1. The molecule has 0 fully saturated rings. The molecule has 1 atom stereocenters. The van der Waals surface area contributed by atoms with Crippen molar-refractivity contribution in [3.63, 3.8) is 0 Å². The van der Waals surface area contributed by atoms with Gasteiger partial charge in [0.15, 0.2) is 0 Å². The predicted octanol–water partition coefficient (Wildman–Crippen LogP) is 2.86. The van der Waals surface area contributed by atoms with Crippen molar-refractivity contribution in [2.75, 3.05) is 19.0 Å². The molecule has 0 aliphatic carbocycles. The Kier molecular flexibility index (Phi) is 5.73. The van der Waals surface area contributed by atoms with E-state index >= 15 is 0 Å². The number of hydrogen-bond donors (Lipinski definition) is 2. The third kappa shape index (κ3) is 4.31. The van der Waals surface area contributed by atoms with Crippen LogP contribution in [0.5, 0.6) is 5.75 Å². The number of hydrogen-bond acceptors (Lipinski definition) is 4. The first kappa shape index (κ1) is 16.5. The number of nitrogens with one attached hydrogen (secondary N) is 2. The van der Waals surface area contributed by atoms with Crippen LogP contribution < -0.4 is 15.4 Å². The molecule has 2 aromatic carbocycles. The average molecular weight is 309 g/mol. The smallest absolute Gasteiger partial charge is 0.238 e. The number of anilines is 1. The minimum atomic E-state index is -0.200. The summed E-state index contributed by atoms with van der Waals surface area (Å²) in [5.74, 6) is 0.581. The summed E-state index contributed by atoms with van der Waals surface area (Å²) >= 11 is 0. The van der Waals surface area contributed by atoms with Gasteiger partial charge in [0.1, 0.15) is 11.8 Å². The first-order valence-corrected chi connectivity index (χ1v) is 7.31. The van der Waals surface area contributed by atoms with Gasteiger partial charge >= 0.3 is 0 Å². The zero-order valence-corrected chi connectivity index (χ0v) is 13.2. The summed E-state index contributed by atoms with van der Waals surface area (Å²) < 4.78 is 5.32. The molecule has 0 aliphatic heterocycles. The lowest BCUT2D eigenvalue weighted by Gasteiger charge is -2.17. The van der Waals surface area contributed by atoms with E-state index in [1.807, 2.05) is 31.2 Å². The van der Waals surface area contributed by atoms with E-state index in [-0.39, 0.29) is 18.5 Å². The number of rotatable bonds is 6. The normalized spacial score (nSPS) is 11.3. The highest BCUT2D eigenvalue weighted by Crippen LogP contribution is 2.24. The van der Waals surface area contributed by atoms with E-state index < -0.39 is 0 Å². The third-order valence-electron chi connectivity index (χ3n) is 3.50. The summed E-state index contributed by atoms with van der Waals surface area (Å²) in [6.07, 6.45) is 0. The van der Waals surface area contributed by atoms with E-state index in [0.717, 1.165) is 11.3 Å². The van der Waals surface area contributed by atoms with Crippen LogP contribution >= 0.6 is 0 Å². The second-order valence-corrected chi connectivity index (χ2v) is 5.05. The van der Waals surface area contributed by atoms with Crippen LogP contribution in [0, 0.1) is 11.3 Å². The molecule has 2 N–H and O–H groups in total. The van der Waals surface area contributed by atoms with Crippen LogP contribution in [-0.4, -0.2) is 19.6 Å². The van der Waals surface area contributed by atoms with Gasteiger partial charge in [0.25, 0.3) is 0 Å². The Labute approximate surface area is 135 Å². The lowest BCUT2D eigenvalue weighted by molar-refractivity contribution is -0.115. The fourth-order valence-corrected chi connectivity index (χ4v) is 2.26. The highest BCUT2D eigenvalue weighted by Gasteiger charge is 2.12.